The van der Waals surface area contributed by atoms with Crippen LogP contribution in [-0.2, 0) is 4.74 Å². The lowest BCUT2D eigenvalue weighted by molar-refractivity contribution is 0.145. The van der Waals surface area contributed by atoms with Gasteiger partial charge in [0.2, 0.25) is 0 Å². The summed E-state index contributed by atoms with van der Waals surface area (Å²) < 4.78 is 18.2. The fourth-order valence-corrected chi connectivity index (χ4v) is 3.02. The number of amides is 2. The van der Waals surface area contributed by atoms with Crippen molar-refractivity contribution in [2.75, 3.05) is 38.2 Å². The van der Waals surface area contributed by atoms with Gasteiger partial charge in [-0.15, -0.1) is 0 Å². The van der Waals surface area contributed by atoms with Crippen molar-refractivity contribution in [3.8, 4) is 0 Å². The van der Waals surface area contributed by atoms with E-state index in [-0.39, 0.29) is 17.9 Å². The number of urea groups is 1. The minimum atomic E-state index is -0.328. The van der Waals surface area contributed by atoms with E-state index in [1.807, 2.05) is 6.92 Å². The lowest BCUT2D eigenvalue weighted by Gasteiger charge is -2.34. The number of ether oxygens (including phenoxy) is 1. The number of piperidine rings is 1. The summed E-state index contributed by atoms with van der Waals surface area (Å²) in [5.41, 5.74) is 0.568. The highest BCUT2D eigenvalue weighted by atomic mass is 32.1. The number of carbonyl (C=O) groups is 1. The van der Waals surface area contributed by atoms with Crippen molar-refractivity contribution in [2.24, 2.45) is 0 Å². The lowest BCUT2D eigenvalue weighted by atomic mass is 10.1. The third-order valence-corrected chi connectivity index (χ3v) is 4.57. The van der Waals surface area contributed by atoms with E-state index in [0.717, 1.165) is 57.2 Å². The highest BCUT2D eigenvalue weighted by Gasteiger charge is 2.22. The summed E-state index contributed by atoms with van der Waals surface area (Å²) in [7, 11) is 0. The van der Waals surface area contributed by atoms with Gasteiger partial charge in [-0.2, -0.15) is 0 Å². The Morgan fingerprint density at radius 1 is 1.31 bits per heavy atom. The Morgan fingerprint density at radius 2 is 2.00 bits per heavy atom. The number of nitrogens with one attached hydrogen (secondary N) is 3. The van der Waals surface area contributed by atoms with Gasteiger partial charge in [-0.3, -0.25) is 0 Å². The molecular formula is C18H27FN4O2S. The van der Waals surface area contributed by atoms with Crippen molar-refractivity contribution in [3.05, 3.63) is 30.1 Å². The van der Waals surface area contributed by atoms with Gasteiger partial charge in [0, 0.05) is 44.6 Å². The molecule has 0 aliphatic carbocycles. The van der Waals surface area contributed by atoms with Gasteiger partial charge in [-0.1, -0.05) is 0 Å². The third kappa shape index (κ3) is 7.13. The Bertz CT molecular complexity index is 577. The topological polar surface area (TPSA) is 65.6 Å². The molecule has 1 aromatic rings. The number of benzene rings is 1. The number of thiocarbonyl (C=S) groups is 1. The van der Waals surface area contributed by atoms with Crippen molar-refractivity contribution in [2.45, 2.75) is 32.2 Å². The summed E-state index contributed by atoms with van der Waals surface area (Å²) in [6.07, 6.45) is 2.59. The number of carbonyl (C=O) groups excluding carboxylic acids is 1. The van der Waals surface area contributed by atoms with Gasteiger partial charge in [-0.05, 0) is 62.7 Å². The molecule has 6 nitrogen and oxygen atoms in total. The highest BCUT2D eigenvalue weighted by Crippen LogP contribution is 2.12. The maximum Gasteiger partial charge on any atom is 0.319 e. The van der Waals surface area contributed by atoms with Crippen LogP contribution in [0.3, 0.4) is 0 Å². The molecule has 0 bridgehead atoms. The smallest absolute Gasteiger partial charge is 0.319 e. The molecule has 8 heteroatoms. The molecule has 1 aliphatic rings. The number of rotatable bonds is 7. The van der Waals surface area contributed by atoms with E-state index in [9.17, 15) is 9.18 Å². The van der Waals surface area contributed by atoms with Crippen LogP contribution in [0.2, 0.25) is 0 Å². The number of anilines is 1. The second-order valence-corrected chi connectivity index (χ2v) is 6.54. The zero-order chi connectivity index (χ0) is 18.8. The molecule has 2 rings (SSSR count). The third-order valence-electron chi connectivity index (χ3n) is 4.17. The molecule has 1 aliphatic heterocycles. The molecule has 0 saturated carbocycles. The lowest BCUT2D eigenvalue weighted by Crippen LogP contribution is -2.50. The highest BCUT2D eigenvalue weighted by molar-refractivity contribution is 7.80. The Morgan fingerprint density at radius 3 is 2.65 bits per heavy atom. The Labute approximate surface area is 159 Å². The summed E-state index contributed by atoms with van der Waals surface area (Å²) in [4.78, 5) is 14.2. The maximum atomic E-state index is 12.9. The first-order chi connectivity index (χ1) is 12.6. The molecule has 0 unspecified atom stereocenters. The minimum absolute atomic E-state index is 0.104. The molecule has 1 saturated heterocycles. The van der Waals surface area contributed by atoms with Crippen molar-refractivity contribution in [3.63, 3.8) is 0 Å². The van der Waals surface area contributed by atoms with Gasteiger partial charge in [0.05, 0.1) is 0 Å². The average molecular weight is 383 g/mol. The van der Waals surface area contributed by atoms with Crippen LogP contribution in [0.25, 0.3) is 0 Å². The standard InChI is InChI=1S/C18H27FN4O2S/c1-2-25-13-3-10-20-18(26)23-11-8-16(9-12-23)22-17(24)21-15-6-4-14(19)5-7-15/h4-7,16H,2-3,8-13H2,1H3,(H,20,26)(H2,21,22,24). The molecule has 0 atom stereocenters. The number of halogens is 1. The number of hydrogen-bond acceptors (Lipinski definition) is 3. The van der Waals surface area contributed by atoms with E-state index < -0.39 is 0 Å². The fraction of sp³-hybridized carbons (Fsp3) is 0.556. The second kappa shape index (κ2) is 10.9. The van der Waals surface area contributed by atoms with Crippen molar-refractivity contribution in [1.29, 1.82) is 0 Å². The molecule has 144 valence electrons. The molecule has 1 heterocycles. The molecule has 1 fully saturated rings. The monoisotopic (exact) mass is 382 g/mol. The van der Waals surface area contributed by atoms with E-state index in [4.69, 9.17) is 17.0 Å². The largest absolute Gasteiger partial charge is 0.382 e. The maximum absolute atomic E-state index is 12.9. The zero-order valence-corrected chi connectivity index (χ0v) is 15.9. The SMILES string of the molecule is CCOCCCNC(=S)N1CCC(NC(=O)Nc2ccc(F)cc2)CC1. The van der Waals surface area contributed by atoms with Gasteiger partial charge in [-0.25, -0.2) is 9.18 Å². The average Bonchev–Trinajstić information content (AvgIpc) is 2.64. The Balaban J connectivity index is 1.63. The van der Waals surface area contributed by atoms with E-state index in [0.29, 0.717) is 5.69 Å². The first-order valence-corrected chi connectivity index (χ1v) is 9.43. The van der Waals surface area contributed by atoms with Crippen molar-refractivity contribution >= 4 is 29.0 Å². The predicted molar refractivity (Wildman–Crippen MR) is 105 cm³/mol. The van der Waals surface area contributed by atoms with E-state index >= 15 is 0 Å². The minimum Gasteiger partial charge on any atom is -0.382 e. The first kappa shape index (κ1) is 20.4. The Kier molecular flexibility index (Phi) is 8.57. The van der Waals surface area contributed by atoms with Crippen molar-refractivity contribution in [1.82, 2.24) is 15.5 Å². The predicted octanol–water partition coefficient (Wildman–Crippen LogP) is 2.71. The van der Waals surface area contributed by atoms with Crippen LogP contribution >= 0.6 is 12.2 Å². The van der Waals surface area contributed by atoms with Gasteiger partial charge in [0.25, 0.3) is 0 Å². The van der Waals surface area contributed by atoms with E-state index in [2.05, 4.69) is 20.9 Å². The van der Waals surface area contributed by atoms with Crippen LogP contribution < -0.4 is 16.0 Å². The van der Waals surface area contributed by atoms with Gasteiger partial charge >= 0.3 is 6.03 Å². The van der Waals surface area contributed by atoms with Crippen LogP contribution in [-0.4, -0.2) is 54.9 Å². The molecular weight excluding hydrogens is 355 g/mol. The summed E-state index contributed by atoms with van der Waals surface area (Å²) in [5, 5.41) is 9.68. The van der Waals surface area contributed by atoms with Crippen LogP contribution in [0.5, 0.6) is 0 Å². The molecule has 0 spiro atoms. The fourth-order valence-electron chi connectivity index (χ4n) is 2.74. The molecule has 3 N–H and O–H groups in total. The van der Waals surface area contributed by atoms with Crippen molar-refractivity contribution < 1.29 is 13.9 Å². The molecule has 1 aromatic carbocycles. The number of nitrogens with zero attached hydrogens (tertiary/aromatic N) is 1. The van der Waals surface area contributed by atoms with Crippen LogP contribution in [0.1, 0.15) is 26.2 Å². The normalized spacial score (nSPS) is 14.8. The molecule has 26 heavy (non-hydrogen) atoms. The molecule has 0 radical (unpaired) electrons. The number of likely N-dealkylation sites (tertiary alicyclic amines) is 1. The van der Waals surface area contributed by atoms with Crippen LogP contribution in [0.4, 0.5) is 14.9 Å². The van der Waals surface area contributed by atoms with Crippen LogP contribution in [0.15, 0.2) is 24.3 Å². The molecule has 2 amide bonds. The van der Waals surface area contributed by atoms with E-state index in [1.54, 1.807) is 0 Å². The summed E-state index contributed by atoms with van der Waals surface area (Å²) in [6.45, 7) is 5.87. The van der Waals surface area contributed by atoms with Gasteiger partial charge < -0.3 is 25.6 Å². The van der Waals surface area contributed by atoms with Gasteiger partial charge in [0.15, 0.2) is 5.11 Å². The zero-order valence-electron chi connectivity index (χ0n) is 15.1. The van der Waals surface area contributed by atoms with Crippen LogP contribution in [0, 0.1) is 5.82 Å². The Hall–Kier alpha value is -1.93. The summed E-state index contributed by atoms with van der Waals surface area (Å²) in [5.74, 6) is -0.328. The van der Waals surface area contributed by atoms with Gasteiger partial charge in [0.1, 0.15) is 5.82 Å². The summed E-state index contributed by atoms with van der Waals surface area (Å²) in [6, 6.07) is 5.53. The number of hydrogen-bond donors (Lipinski definition) is 3. The summed E-state index contributed by atoms with van der Waals surface area (Å²) >= 11 is 5.42. The first-order valence-electron chi connectivity index (χ1n) is 9.02. The van der Waals surface area contributed by atoms with E-state index in [1.165, 1.54) is 24.3 Å². The second-order valence-electron chi connectivity index (χ2n) is 6.15. The molecule has 0 aromatic heterocycles. The quantitative estimate of drug-likeness (QED) is 0.500.